The monoisotopic (exact) mass is 318 g/mol. The summed E-state index contributed by atoms with van der Waals surface area (Å²) in [5, 5.41) is 2.86. The molecule has 1 aliphatic rings. The molecule has 2 rings (SSSR count). The fourth-order valence-corrected chi connectivity index (χ4v) is 2.78. The van der Waals surface area contributed by atoms with Gasteiger partial charge in [0.05, 0.1) is 6.04 Å². The van der Waals surface area contributed by atoms with Crippen LogP contribution in [0.25, 0.3) is 0 Å². The van der Waals surface area contributed by atoms with Gasteiger partial charge in [-0.05, 0) is 51.0 Å². The summed E-state index contributed by atoms with van der Waals surface area (Å²) in [6.45, 7) is 7.08. The Kier molecular flexibility index (Phi) is 6.02. The zero-order valence-electron chi connectivity index (χ0n) is 14.2. The highest BCUT2D eigenvalue weighted by atomic mass is 16.5. The van der Waals surface area contributed by atoms with Crippen molar-refractivity contribution in [3.8, 4) is 5.75 Å². The van der Waals surface area contributed by atoms with Crippen LogP contribution in [0, 0.1) is 0 Å². The molecule has 1 N–H and O–H groups in total. The van der Waals surface area contributed by atoms with E-state index < -0.39 is 0 Å². The van der Waals surface area contributed by atoms with E-state index >= 15 is 0 Å². The minimum absolute atomic E-state index is 0.0814. The van der Waals surface area contributed by atoms with Gasteiger partial charge in [0.2, 0.25) is 5.91 Å². The molecular weight excluding hydrogens is 292 g/mol. The van der Waals surface area contributed by atoms with E-state index in [1.165, 1.54) is 0 Å². The minimum atomic E-state index is -0.0814. The van der Waals surface area contributed by atoms with Gasteiger partial charge >= 0.3 is 0 Å². The van der Waals surface area contributed by atoms with Crippen molar-refractivity contribution < 1.29 is 14.3 Å². The smallest absolute Gasteiger partial charge is 0.251 e. The van der Waals surface area contributed by atoms with Crippen LogP contribution in [-0.4, -0.2) is 41.9 Å². The van der Waals surface area contributed by atoms with Crippen LogP contribution in [0.4, 0.5) is 0 Å². The van der Waals surface area contributed by atoms with Crippen molar-refractivity contribution in [1.82, 2.24) is 10.2 Å². The number of likely N-dealkylation sites (tertiary alicyclic amines) is 1. The van der Waals surface area contributed by atoms with Gasteiger partial charge in [-0.1, -0.05) is 6.92 Å². The SMILES string of the molecule is CCC(=O)N1CCC[C@H]1COc1ccc(C(=O)NC(C)C)cc1. The minimum Gasteiger partial charge on any atom is -0.491 e. The molecular formula is C18H26N2O3. The van der Waals surface area contributed by atoms with Gasteiger partial charge in [0, 0.05) is 24.6 Å². The Morgan fingerprint density at radius 3 is 2.61 bits per heavy atom. The molecule has 5 heteroatoms. The van der Waals surface area contributed by atoms with Crippen molar-refractivity contribution in [1.29, 1.82) is 0 Å². The summed E-state index contributed by atoms with van der Waals surface area (Å²) < 4.78 is 5.81. The maximum absolute atomic E-state index is 11.9. The lowest BCUT2D eigenvalue weighted by Crippen LogP contribution is -2.38. The van der Waals surface area contributed by atoms with Crippen LogP contribution < -0.4 is 10.1 Å². The Bertz CT molecular complexity index is 540. The van der Waals surface area contributed by atoms with Gasteiger partial charge in [0.25, 0.3) is 5.91 Å². The molecule has 0 radical (unpaired) electrons. The summed E-state index contributed by atoms with van der Waals surface area (Å²) in [4.78, 5) is 25.7. The molecule has 1 aromatic carbocycles. The Balaban J connectivity index is 1.89. The zero-order chi connectivity index (χ0) is 16.8. The first-order valence-corrected chi connectivity index (χ1v) is 8.34. The number of benzene rings is 1. The van der Waals surface area contributed by atoms with E-state index in [1.54, 1.807) is 24.3 Å². The molecule has 1 fully saturated rings. The fraction of sp³-hybridized carbons (Fsp3) is 0.556. The summed E-state index contributed by atoms with van der Waals surface area (Å²) in [6, 6.07) is 7.40. The maximum Gasteiger partial charge on any atom is 0.251 e. The second-order valence-electron chi connectivity index (χ2n) is 6.20. The molecule has 2 amide bonds. The standard InChI is InChI=1S/C18H26N2O3/c1-4-17(21)20-11-5-6-15(20)12-23-16-9-7-14(8-10-16)18(22)19-13(2)3/h7-10,13,15H,4-6,11-12H2,1-3H3,(H,19,22)/t15-/m0/s1. The lowest BCUT2D eigenvalue weighted by atomic mass is 10.2. The number of hydrogen-bond acceptors (Lipinski definition) is 3. The van der Waals surface area contributed by atoms with E-state index in [-0.39, 0.29) is 23.9 Å². The quantitative estimate of drug-likeness (QED) is 0.877. The molecule has 5 nitrogen and oxygen atoms in total. The summed E-state index contributed by atoms with van der Waals surface area (Å²) in [5.41, 5.74) is 0.620. The van der Waals surface area contributed by atoms with Gasteiger partial charge in [0.15, 0.2) is 0 Å². The Hall–Kier alpha value is -2.04. The lowest BCUT2D eigenvalue weighted by molar-refractivity contribution is -0.132. The van der Waals surface area contributed by atoms with Crippen molar-refractivity contribution in [3.63, 3.8) is 0 Å². The summed E-state index contributed by atoms with van der Waals surface area (Å²) in [5.74, 6) is 0.834. The van der Waals surface area contributed by atoms with Crippen molar-refractivity contribution in [3.05, 3.63) is 29.8 Å². The third kappa shape index (κ3) is 4.71. The predicted octanol–water partition coefficient (Wildman–Crippen LogP) is 2.60. The molecule has 1 aliphatic heterocycles. The van der Waals surface area contributed by atoms with Crippen LogP contribution in [0.3, 0.4) is 0 Å². The molecule has 126 valence electrons. The van der Waals surface area contributed by atoms with Gasteiger partial charge < -0.3 is 15.0 Å². The number of carbonyl (C=O) groups is 2. The molecule has 0 saturated carbocycles. The summed E-state index contributed by atoms with van der Waals surface area (Å²) in [7, 11) is 0. The van der Waals surface area contributed by atoms with Crippen LogP contribution in [0.15, 0.2) is 24.3 Å². The second-order valence-corrected chi connectivity index (χ2v) is 6.20. The highest BCUT2D eigenvalue weighted by Gasteiger charge is 2.28. The Labute approximate surface area is 138 Å². The highest BCUT2D eigenvalue weighted by molar-refractivity contribution is 5.94. The number of rotatable bonds is 6. The molecule has 0 unspecified atom stereocenters. The van der Waals surface area contributed by atoms with Crippen molar-refractivity contribution >= 4 is 11.8 Å². The zero-order valence-corrected chi connectivity index (χ0v) is 14.2. The maximum atomic E-state index is 11.9. The van der Waals surface area contributed by atoms with Gasteiger partial charge in [-0.3, -0.25) is 9.59 Å². The van der Waals surface area contributed by atoms with Crippen LogP contribution in [0.2, 0.25) is 0 Å². The van der Waals surface area contributed by atoms with Gasteiger partial charge in [-0.2, -0.15) is 0 Å². The third-order valence-corrected chi connectivity index (χ3v) is 3.98. The molecule has 0 aromatic heterocycles. The number of amides is 2. The first kappa shape index (κ1) is 17.3. The van der Waals surface area contributed by atoms with Crippen LogP contribution in [0.1, 0.15) is 50.4 Å². The molecule has 1 aromatic rings. The van der Waals surface area contributed by atoms with E-state index in [0.717, 1.165) is 25.1 Å². The molecule has 0 aliphatic carbocycles. The van der Waals surface area contributed by atoms with E-state index in [9.17, 15) is 9.59 Å². The normalized spacial score (nSPS) is 17.4. The van der Waals surface area contributed by atoms with Crippen LogP contribution >= 0.6 is 0 Å². The largest absolute Gasteiger partial charge is 0.491 e. The van der Waals surface area contributed by atoms with Crippen molar-refractivity contribution in [2.45, 2.75) is 52.1 Å². The number of ether oxygens (including phenoxy) is 1. The molecule has 0 bridgehead atoms. The Morgan fingerprint density at radius 2 is 2.00 bits per heavy atom. The average molecular weight is 318 g/mol. The molecule has 23 heavy (non-hydrogen) atoms. The number of carbonyl (C=O) groups excluding carboxylic acids is 2. The number of hydrogen-bond donors (Lipinski definition) is 1. The fourth-order valence-electron chi connectivity index (χ4n) is 2.78. The van der Waals surface area contributed by atoms with Crippen molar-refractivity contribution in [2.75, 3.05) is 13.2 Å². The van der Waals surface area contributed by atoms with E-state index in [2.05, 4.69) is 5.32 Å². The second kappa shape index (κ2) is 7.99. The van der Waals surface area contributed by atoms with Crippen LogP contribution in [-0.2, 0) is 4.79 Å². The van der Waals surface area contributed by atoms with Gasteiger partial charge in [0.1, 0.15) is 12.4 Å². The summed E-state index contributed by atoms with van der Waals surface area (Å²) in [6.07, 6.45) is 2.56. The number of nitrogens with zero attached hydrogens (tertiary/aromatic N) is 1. The van der Waals surface area contributed by atoms with Crippen molar-refractivity contribution in [2.24, 2.45) is 0 Å². The topological polar surface area (TPSA) is 58.6 Å². The molecule has 0 spiro atoms. The molecule has 1 atom stereocenters. The van der Waals surface area contributed by atoms with Gasteiger partial charge in [-0.15, -0.1) is 0 Å². The van der Waals surface area contributed by atoms with E-state index in [0.29, 0.717) is 18.6 Å². The van der Waals surface area contributed by atoms with Crippen LogP contribution in [0.5, 0.6) is 5.75 Å². The lowest BCUT2D eigenvalue weighted by Gasteiger charge is -2.24. The highest BCUT2D eigenvalue weighted by Crippen LogP contribution is 2.20. The Morgan fingerprint density at radius 1 is 1.30 bits per heavy atom. The summed E-state index contributed by atoms with van der Waals surface area (Å²) >= 11 is 0. The molecule has 1 saturated heterocycles. The number of nitrogens with one attached hydrogen (secondary N) is 1. The van der Waals surface area contributed by atoms with Gasteiger partial charge in [-0.25, -0.2) is 0 Å². The third-order valence-electron chi connectivity index (χ3n) is 3.98. The molecule has 1 heterocycles. The van der Waals surface area contributed by atoms with E-state index in [4.69, 9.17) is 4.74 Å². The first-order valence-electron chi connectivity index (χ1n) is 8.34. The predicted molar refractivity (Wildman–Crippen MR) is 89.6 cm³/mol. The first-order chi connectivity index (χ1) is 11.0. The average Bonchev–Trinajstić information content (AvgIpc) is 3.00. The van der Waals surface area contributed by atoms with E-state index in [1.807, 2.05) is 25.7 Å².